The Hall–Kier alpha value is -5.13. The topological polar surface area (TPSA) is 132 Å². The van der Waals surface area contributed by atoms with Gasteiger partial charge in [-0.2, -0.15) is 9.78 Å². The summed E-state index contributed by atoms with van der Waals surface area (Å²) in [5.74, 6) is 0.390. The number of para-hydroxylation sites is 2. The van der Waals surface area contributed by atoms with Gasteiger partial charge in [0.1, 0.15) is 5.75 Å². The van der Waals surface area contributed by atoms with Crippen LogP contribution in [0.3, 0.4) is 0 Å². The maximum absolute atomic E-state index is 13.8. The molecule has 4 aromatic carbocycles. The summed E-state index contributed by atoms with van der Waals surface area (Å²) in [6, 6.07) is 28.1. The number of amides is 1. The Balaban J connectivity index is 1.64. The number of fused-ring (bicyclic) bond motifs is 1. The highest BCUT2D eigenvalue weighted by atomic mass is 32.2. The number of benzene rings is 4. The smallest absolute Gasteiger partial charge is 0.282 e. The van der Waals surface area contributed by atoms with Crippen LogP contribution in [0.5, 0.6) is 5.75 Å². The number of rotatable bonds is 10. The third-order valence-electron chi connectivity index (χ3n) is 6.61. The molecule has 0 saturated carbocycles. The van der Waals surface area contributed by atoms with Gasteiger partial charge in [-0.3, -0.25) is 9.59 Å². The molecule has 2 N–H and O–H groups in total. The van der Waals surface area contributed by atoms with Crippen molar-refractivity contribution in [1.82, 2.24) is 14.4 Å². The number of carbonyl (C=O) groups excluding carboxylic acids is 1. The van der Waals surface area contributed by atoms with E-state index in [4.69, 9.17) is 9.72 Å². The predicted octanol–water partition coefficient (Wildman–Crippen LogP) is 4.51. The highest BCUT2D eigenvalue weighted by Crippen LogP contribution is 2.23. The van der Waals surface area contributed by atoms with Crippen molar-refractivity contribution in [3.8, 4) is 5.75 Å². The number of nitrogens with zero attached hydrogens (tertiary/aromatic N) is 3. The number of ether oxygens (including phenoxy) is 1. The fraction of sp³-hybridized carbons (Fsp3) is 0.125. The molecule has 0 fully saturated rings. The van der Waals surface area contributed by atoms with E-state index >= 15 is 0 Å². The molecule has 0 spiro atoms. The van der Waals surface area contributed by atoms with Crippen molar-refractivity contribution >= 4 is 38.7 Å². The zero-order valence-electron chi connectivity index (χ0n) is 23.5. The molecule has 218 valence electrons. The average Bonchev–Trinajstić information content (AvgIpc) is 3.01. The first-order chi connectivity index (χ1) is 20.7. The van der Waals surface area contributed by atoms with Crippen LogP contribution in [0.1, 0.15) is 29.9 Å². The van der Waals surface area contributed by atoms with Gasteiger partial charge in [-0.1, -0.05) is 54.6 Å². The van der Waals surface area contributed by atoms with Crippen LogP contribution in [-0.2, 0) is 21.2 Å². The standard InChI is InChI=1S/C32H29N5O5S/c1-22(38)34-25-16-18-26(19-17-25)43(40,41)36-29(20-23-10-4-3-5-11-23)31-35-28-14-8-7-13-27(28)32(39)37(31)33-21-24-12-6-9-15-30(24)42-2/h3-19,21,29,36H,20H2,1-2H3,(H,34,38)/b33-21+. The van der Waals surface area contributed by atoms with Crippen LogP contribution >= 0.6 is 0 Å². The lowest BCUT2D eigenvalue weighted by atomic mass is 10.1. The number of aromatic nitrogens is 2. The summed E-state index contributed by atoms with van der Waals surface area (Å²) >= 11 is 0. The number of sulfonamides is 1. The highest BCUT2D eigenvalue weighted by Gasteiger charge is 2.27. The van der Waals surface area contributed by atoms with Crippen LogP contribution in [0.4, 0.5) is 5.69 Å². The molecule has 1 unspecified atom stereocenters. The van der Waals surface area contributed by atoms with Crippen LogP contribution in [0, 0.1) is 0 Å². The molecule has 1 heterocycles. The van der Waals surface area contributed by atoms with Gasteiger partial charge in [-0.15, -0.1) is 0 Å². The summed E-state index contributed by atoms with van der Waals surface area (Å²) in [5, 5.41) is 7.45. The fourth-order valence-corrected chi connectivity index (χ4v) is 5.78. The maximum Gasteiger partial charge on any atom is 0.282 e. The molecule has 10 nitrogen and oxygen atoms in total. The Morgan fingerprint density at radius 2 is 1.63 bits per heavy atom. The van der Waals surface area contributed by atoms with Gasteiger partial charge in [0.25, 0.3) is 5.56 Å². The van der Waals surface area contributed by atoms with Crippen molar-refractivity contribution in [2.24, 2.45) is 5.10 Å². The molecule has 1 atom stereocenters. The lowest BCUT2D eigenvalue weighted by Crippen LogP contribution is -2.35. The first-order valence-corrected chi connectivity index (χ1v) is 14.9. The number of nitrogens with one attached hydrogen (secondary N) is 2. The molecule has 0 bridgehead atoms. The maximum atomic E-state index is 13.8. The largest absolute Gasteiger partial charge is 0.496 e. The van der Waals surface area contributed by atoms with Crippen LogP contribution in [-0.4, -0.2) is 37.3 Å². The van der Waals surface area contributed by atoms with E-state index in [1.54, 1.807) is 36.4 Å². The summed E-state index contributed by atoms with van der Waals surface area (Å²) in [7, 11) is -2.59. The fourth-order valence-electron chi connectivity index (χ4n) is 4.58. The van der Waals surface area contributed by atoms with E-state index in [1.807, 2.05) is 42.5 Å². The minimum atomic E-state index is -4.12. The second kappa shape index (κ2) is 12.8. The van der Waals surface area contributed by atoms with E-state index in [2.05, 4.69) is 15.1 Å². The number of hydrogen-bond donors (Lipinski definition) is 2. The Bertz CT molecular complexity index is 1960. The third kappa shape index (κ3) is 6.85. The summed E-state index contributed by atoms with van der Waals surface area (Å²) in [4.78, 5) is 30.0. The summed E-state index contributed by atoms with van der Waals surface area (Å²) in [5.41, 5.74) is 1.85. The van der Waals surface area contributed by atoms with E-state index in [9.17, 15) is 18.0 Å². The van der Waals surface area contributed by atoms with Gasteiger partial charge in [-0.25, -0.2) is 18.1 Å². The Morgan fingerprint density at radius 3 is 2.35 bits per heavy atom. The average molecular weight is 596 g/mol. The Kier molecular flexibility index (Phi) is 8.74. The molecule has 0 radical (unpaired) electrons. The zero-order chi connectivity index (χ0) is 30.4. The molecule has 5 aromatic rings. The van der Waals surface area contributed by atoms with E-state index in [1.165, 1.54) is 44.5 Å². The van der Waals surface area contributed by atoms with Gasteiger partial charge in [0, 0.05) is 18.2 Å². The van der Waals surface area contributed by atoms with Crippen molar-refractivity contribution < 1.29 is 17.9 Å². The van der Waals surface area contributed by atoms with E-state index < -0.39 is 21.6 Å². The second-order valence-corrected chi connectivity index (χ2v) is 11.4. The molecule has 0 aliphatic heterocycles. The van der Waals surface area contributed by atoms with Gasteiger partial charge in [0.15, 0.2) is 5.82 Å². The van der Waals surface area contributed by atoms with Crippen molar-refractivity contribution in [2.75, 3.05) is 12.4 Å². The Morgan fingerprint density at radius 1 is 0.953 bits per heavy atom. The first kappa shape index (κ1) is 29.4. The number of carbonyl (C=O) groups is 1. The first-order valence-electron chi connectivity index (χ1n) is 13.4. The molecule has 1 aromatic heterocycles. The normalized spacial score (nSPS) is 12.3. The third-order valence-corrected chi connectivity index (χ3v) is 8.09. The van der Waals surface area contributed by atoms with Gasteiger partial charge in [-0.05, 0) is 60.5 Å². The molecular weight excluding hydrogens is 566 g/mol. The molecule has 0 aliphatic rings. The van der Waals surface area contributed by atoms with E-state index in [0.717, 1.165) is 10.2 Å². The van der Waals surface area contributed by atoms with Gasteiger partial charge in [0.2, 0.25) is 15.9 Å². The minimum absolute atomic E-state index is 0.0214. The highest BCUT2D eigenvalue weighted by molar-refractivity contribution is 7.89. The molecule has 0 saturated heterocycles. The van der Waals surface area contributed by atoms with Crippen LogP contribution < -0.4 is 20.3 Å². The molecule has 5 rings (SSSR count). The second-order valence-electron chi connectivity index (χ2n) is 9.66. The van der Waals surface area contributed by atoms with Gasteiger partial charge in [0.05, 0.1) is 35.2 Å². The summed E-state index contributed by atoms with van der Waals surface area (Å²) in [6.07, 6.45) is 1.66. The molecule has 11 heteroatoms. The lowest BCUT2D eigenvalue weighted by molar-refractivity contribution is -0.114. The van der Waals surface area contributed by atoms with Crippen molar-refractivity contribution in [1.29, 1.82) is 0 Å². The quantitative estimate of drug-likeness (QED) is 0.229. The Labute approximate surface area is 248 Å². The number of anilines is 1. The zero-order valence-corrected chi connectivity index (χ0v) is 24.3. The number of hydrogen-bond acceptors (Lipinski definition) is 7. The number of methoxy groups -OCH3 is 1. The van der Waals surface area contributed by atoms with Crippen LogP contribution in [0.15, 0.2) is 118 Å². The summed E-state index contributed by atoms with van der Waals surface area (Å²) < 4.78 is 36.7. The van der Waals surface area contributed by atoms with Crippen LogP contribution in [0.25, 0.3) is 10.9 Å². The molecule has 1 amide bonds. The van der Waals surface area contributed by atoms with Gasteiger partial charge >= 0.3 is 0 Å². The van der Waals surface area contributed by atoms with Crippen molar-refractivity contribution in [3.05, 3.63) is 130 Å². The summed E-state index contributed by atoms with van der Waals surface area (Å²) in [6.45, 7) is 1.37. The molecule has 43 heavy (non-hydrogen) atoms. The lowest BCUT2D eigenvalue weighted by Gasteiger charge is -2.21. The van der Waals surface area contributed by atoms with Crippen LogP contribution in [0.2, 0.25) is 0 Å². The minimum Gasteiger partial charge on any atom is -0.496 e. The van der Waals surface area contributed by atoms with Crippen molar-refractivity contribution in [2.45, 2.75) is 24.3 Å². The van der Waals surface area contributed by atoms with E-state index in [-0.39, 0.29) is 23.0 Å². The SMILES string of the molecule is COc1ccccc1/C=N/n1c(C(Cc2ccccc2)NS(=O)(=O)c2ccc(NC(C)=O)cc2)nc2ccccc2c1=O. The molecule has 0 aliphatic carbocycles. The molecular formula is C32H29N5O5S. The van der Waals surface area contributed by atoms with Gasteiger partial charge < -0.3 is 10.1 Å². The van der Waals surface area contributed by atoms with Crippen molar-refractivity contribution in [3.63, 3.8) is 0 Å². The van der Waals surface area contributed by atoms with E-state index in [0.29, 0.717) is 27.9 Å². The monoisotopic (exact) mass is 595 g/mol. The predicted molar refractivity (Wildman–Crippen MR) is 166 cm³/mol.